The number of nitrogen functional groups attached to an aromatic ring is 1. The predicted molar refractivity (Wildman–Crippen MR) is 69.6 cm³/mol. The molecule has 0 saturated carbocycles. The van der Waals surface area contributed by atoms with Gasteiger partial charge in [0.05, 0.1) is 5.69 Å². The quantitative estimate of drug-likeness (QED) is 0.775. The molecule has 0 aliphatic carbocycles. The van der Waals surface area contributed by atoms with Gasteiger partial charge in [0.15, 0.2) is 0 Å². The van der Waals surface area contributed by atoms with Crippen LogP contribution >= 0.6 is 0 Å². The molecule has 1 heterocycles. The molecular formula is C12H24N4O. The lowest BCUT2D eigenvalue weighted by atomic mass is 10.2. The van der Waals surface area contributed by atoms with Gasteiger partial charge in [-0.1, -0.05) is 0 Å². The van der Waals surface area contributed by atoms with Crippen molar-refractivity contribution < 1.29 is 5.11 Å². The molecule has 0 atom stereocenters. The van der Waals surface area contributed by atoms with Gasteiger partial charge in [-0.2, -0.15) is 5.10 Å². The molecule has 0 bridgehead atoms. The third-order valence-electron chi connectivity index (χ3n) is 3.09. The molecule has 1 rings (SSSR count). The Morgan fingerprint density at radius 3 is 2.53 bits per heavy atom. The van der Waals surface area contributed by atoms with Gasteiger partial charge in [0.2, 0.25) is 0 Å². The van der Waals surface area contributed by atoms with Crippen LogP contribution in [-0.2, 0) is 13.6 Å². The van der Waals surface area contributed by atoms with Crippen LogP contribution in [0.4, 0.5) is 5.82 Å². The molecule has 0 aliphatic heterocycles. The van der Waals surface area contributed by atoms with Crippen LogP contribution in [0.5, 0.6) is 0 Å². The molecule has 1 aromatic rings. The van der Waals surface area contributed by atoms with E-state index in [1.165, 1.54) is 0 Å². The van der Waals surface area contributed by atoms with Crippen LogP contribution in [0.2, 0.25) is 0 Å². The molecule has 17 heavy (non-hydrogen) atoms. The van der Waals surface area contributed by atoms with Crippen LogP contribution in [0.15, 0.2) is 0 Å². The molecule has 0 unspecified atom stereocenters. The highest BCUT2D eigenvalue weighted by molar-refractivity contribution is 5.42. The van der Waals surface area contributed by atoms with E-state index in [1.807, 2.05) is 14.0 Å². The van der Waals surface area contributed by atoms with E-state index >= 15 is 0 Å². The molecule has 1 aromatic heterocycles. The first-order chi connectivity index (χ1) is 7.97. The Morgan fingerprint density at radius 1 is 1.47 bits per heavy atom. The Kier molecular flexibility index (Phi) is 4.96. The lowest BCUT2D eigenvalue weighted by Gasteiger charge is -2.26. The first-order valence-corrected chi connectivity index (χ1v) is 6.10. The van der Waals surface area contributed by atoms with Crippen molar-refractivity contribution in [3.05, 3.63) is 11.3 Å². The zero-order valence-corrected chi connectivity index (χ0v) is 11.3. The van der Waals surface area contributed by atoms with E-state index in [1.54, 1.807) is 4.68 Å². The van der Waals surface area contributed by atoms with Gasteiger partial charge in [0.25, 0.3) is 0 Å². The lowest BCUT2D eigenvalue weighted by Crippen LogP contribution is -2.32. The third kappa shape index (κ3) is 3.44. The van der Waals surface area contributed by atoms with Crippen molar-refractivity contribution in [1.82, 2.24) is 14.7 Å². The number of anilines is 1. The fourth-order valence-electron chi connectivity index (χ4n) is 1.91. The summed E-state index contributed by atoms with van der Waals surface area (Å²) in [6.45, 7) is 8.19. The van der Waals surface area contributed by atoms with Crippen molar-refractivity contribution in [3.63, 3.8) is 0 Å². The first-order valence-electron chi connectivity index (χ1n) is 6.10. The van der Waals surface area contributed by atoms with Crippen LogP contribution < -0.4 is 5.73 Å². The number of aromatic nitrogens is 2. The maximum Gasteiger partial charge on any atom is 0.126 e. The number of nitrogens with two attached hydrogens (primary N) is 1. The normalized spacial score (nSPS) is 11.7. The second-order valence-corrected chi connectivity index (χ2v) is 4.71. The highest BCUT2D eigenvalue weighted by Gasteiger charge is 2.16. The molecule has 0 radical (unpaired) electrons. The number of nitrogens with zero attached hydrogens (tertiary/aromatic N) is 3. The van der Waals surface area contributed by atoms with Gasteiger partial charge < -0.3 is 10.8 Å². The minimum Gasteiger partial charge on any atom is -0.396 e. The largest absolute Gasteiger partial charge is 0.396 e. The van der Waals surface area contributed by atoms with Crippen LogP contribution in [0.3, 0.4) is 0 Å². The Hall–Kier alpha value is -1.07. The van der Waals surface area contributed by atoms with Gasteiger partial charge >= 0.3 is 0 Å². The van der Waals surface area contributed by atoms with Gasteiger partial charge in [-0.15, -0.1) is 0 Å². The summed E-state index contributed by atoms with van der Waals surface area (Å²) in [5.74, 6) is 0.733. The van der Waals surface area contributed by atoms with Crippen molar-refractivity contribution in [3.8, 4) is 0 Å². The summed E-state index contributed by atoms with van der Waals surface area (Å²) in [4.78, 5) is 2.30. The summed E-state index contributed by atoms with van der Waals surface area (Å²) in [5.41, 5.74) is 8.09. The fraction of sp³-hybridized carbons (Fsp3) is 0.750. The molecule has 0 aromatic carbocycles. The third-order valence-corrected chi connectivity index (χ3v) is 3.09. The number of aliphatic hydroxyl groups is 1. The Labute approximate surface area is 103 Å². The van der Waals surface area contributed by atoms with E-state index in [4.69, 9.17) is 10.8 Å². The van der Waals surface area contributed by atoms with Crippen molar-refractivity contribution in [2.45, 2.75) is 39.8 Å². The van der Waals surface area contributed by atoms with Crippen LogP contribution in [-0.4, -0.2) is 39.0 Å². The number of rotatable bonds is 6. The minimum atomic E-state index is 0.227. The molecule has 98 valence electrons. The Balaban J connectivity index is 2.78. The average molecular weight is 240 g/mol. The predicted octanol–water partition coefficient (Wildman–Crippen LogP) is 0.904. The Morgan fingerprint density at radius 2 is 2.12 bits per heavy atom. The molecule has 5 heteroatoms. The second kappa shape index (κ2) is 6.02. The minimum absolute atomic E-state index is 0.227. The number of aliphatic hydroxyl groups excluding tert-OH is 1. The SMILES string of the molecule is Cc1nn(C)c(N)c1CN(CCCO)C(C)C. The van der Waals surface area contributed by atoms with Gasteiger partial charge in [-0.3, -0.25) is 9.58 Å². The highest BCUT2D eigenvalue weighted by atomic mass is 16.3. The smallest absolute Gasteiger partial charge is 0.126 e. The standard InChI is InChI=1S/C12H24N4O/c1-9(2)16(6-5-7-17)8-11-10(3)14-15(4)12(11)13/h9,17H,5-8,13H2,1-4H3. The summed E-state index contributed by atoms with van der Waals surface area (Å²) in [6.07, 6.45) is 0.789. The molecule has 0 aliphatic rings. The van der Waals surface area contributed by atoms with Crippen molar-refractivity contribution in [2.24, 2.45) is 7.05 Å². The molecular weight excluding hydrogens is 216 g/mol. The number of aryl methyl sites for hydroxylation is 2. The van der Waals surface area contributed by atoms with Gasteiger partial charge in [-0.25, -0.2) is 0 Å². The topological polar surface area (TPSA) is 67.3 Å². The van der Waals surface area contributed by atoms with Gasteiger partial charge in [-0.05, 0) is 27.2 Å². The van der Waals surface area contributed by atoms with Crippen LogP contribution in [0.25, 0.3) is 0 Å². The Bertz CT molecular complexity index is 360. The summed E-state index contributed by atoms with van der Waals surface area (Å²) in [6, 6.07) is 0.431. The summed E-state index contributed by atoms with van der Waals surface area (Å²) < 4.78 is 1.72. The van der Waals surface area contributed by atoms with E-state index < -0.39 is 0 Å². The first kappa shape index (κ1) is 14.0. The molecule has 5 nitrogen and oxygen atoms in total. The monoisotopic (exact) mass is 240 g/mol. The fourth-order valence-corrected chi connectivity index (χ4v) is 1.91. The second-order valence-electron chi connectivity index (χ2n) is 4.71. The molecule has 0 spiro atoms. The molecule has 0 amide bonds. The van der Waals surface area contributed by atoms with E-state index in [2.05, 4.69) is 23.8 Å². The van der Waals surface area contributed by atoms with Crippen LogP contribution in [0, 0.1) is 6.92 Å². The van der Waals surface area contributed by atoms with Gasteiger partial charge in [0, 0.05) is 38.3 Å². The molecule has 0 fully saturated rings. The van der Waals surface area contributed by atoms with E-state index in [0.717, 1.165) is 36.6 Å². The molecule has 0 saturated heterocycles. The summed E-state index contributed by atoms with van der Waals surface area (Å²) in [5, 5.41) is 13.2. The van der Waals surface area contributed by atoms with E-state index in [9.17, 15) is 0 Å². The highest BCUT2D eigenvalue weighted by Crippen LogP contribution is 2.18. The average Bonchev–Trinajstić information content (AvgIpc) is 2.49. The van der Waals surface area contributed by atoms with Crippen LogP contribution in [0.1, 0.15) is 31.5 Å². The number of hydrogen-bond acceptors (Lipinski definition) is 4. The zero-order chi connectivity index (χ0) is 13.0. The number of hydrogen-bond donors (Lipinski definition) is 2. The van der Waals surface area contributed by atoms with Crippen molar-refractivity contribution >= 4 is 5.82 Å². The van der Waals surface area contributed by atoms with E-state index in [0.29, 0.717) is 6.04 Å². The van der Waals surface area contributed by atoms with Crippen molar-refractivity contribution in [1.29, 1.82) is 0 Å². The lowest BCUT2D eigenvalue weighted by molar-refractivity contribution is 0.185. The summed E-state index contributed by atoms with van der Waals surface area (Å²) in [7, 11) is 1.86. The zero-order valence-electron chi connectivity index (χ0n) is 11.3. The van der Waals surface area contributed by atoms with Gasteiger partial charge in [0.1, 0.15) is 5.82 Å². The maximum atomic E-state index is 8.91. The molecule has 3 N–H and O–H groups in total. The van der Waals surface area contributed by atoms with Crippen molar-refractivity contribution in [2.75, 3.05) is 18.9 Å². The van der Waals surface area contributed by atoms with E-state index in [-0.39, 0.29) is 6.61 Å². The maximum absolute atomic E-state index is 8.91. The summed E-state index contributed by atoms with van der Waals surface area (Å²) >= 11 is 0.